The van der Waals surface area contributed by atoms with Gasteiger partial charge in [-0.2, -0.15) is 0 Å². The van der Waals surface area contributed by atoms with Crippen LogP contribution >= 0.6 is 0 Å². The van der Waals surface area contributed by atoms with Gasteiger partial charge in [-0.25, -0.2) is 0 Å². The van der Waals surface area contributed by atoms with E-state index in [0.29, 0.717) is 12.3 Å². The minimum atomic E-state index is 0.0715. The molecule has 1 aliphatic heterocycles. The summed E-state index contributed by atoms with van der Waals surface area (Å²) in [5.41, 5.74) is 0. The summed E-state index contributed by atoms with van der Waals surface area (Å²) < 4.78 is 0. The molecule has 1 saturated carbocycles. The number of aliphatic hydroxyl groups is 1. The highest BCUT2D eigenvalue weighted by Gasteiger charge is 2.33. The number of aliphatic hydroxyl groups excluding tert-OH is 1. The number of likely N-dealkylation sites (tertiary alicyclic amines) is 1. The van der Waals surface area contributed by atoms with E-state index >= 15 is 0 Å². The molecule has 1 amide bonds. The zero-order chi connectivity index (χ0) is 13.7. The molecule has 2 fully saturated rings. The third-order valence-corrected chi connectivity index (χ3v) is 5.12. The van der Waals surface area contributed by atoms with Crippen molar-refractivity contribution in [2.75, 3.05) is 13.2 Å². The Bertz CT molecular complexity index is 286. The zero-order valence-electron chi connectivity index (χ0n) is 12.3. The maximum absolute atomic E-state index is 12.2. The lowest BCUT2D eigenvalue weighted by molar-refractivity contribution is -0.133. The molecule has 0 bridgehead atoms. The largest absolute Gasteiger partial charge is 0.394 e. The lowest BCUT2D eigenvalue weighted by Gasteiger charge is -2.26. The topological polar surface area (TPSA) is 40.5 Å². The van der Waals surface area contributed by atoms with Crippen LogP contribution in [0.1, 0.15) is 64.7 Å². The monoisotopic (exact) mass is 267 g/mol. The van der Waals surface area contributed by atoms with Crippen molar-refractivity contribution in [3.05, 3.63) is 0 Å². The van der Waals surface area contributed by atoms with Crippen molar-refractivity contribution in [2.24, 2.45) is 11.8 Å². The van der Waals surface area contributed by atoms with Crippen LogP contribution in [0.4, 0.5) is 0 Å². The molecular formula is C16H29NO2. The Kier molecular flexibility index (Phi) is 5.68. The van der Waals surface area contributed by atoms with Crippen molar-refractivity contribution in [3.63, 3.8) is 0 Å². The highest BCUT2D eigenvalue weighted by molar-refractivity contribution is 5.76. The number of hydrogen-bond donors (Lipinski definition) is 1. The molecular weight excluding hydrogens is 238 g/mol. The fraction of sp³-hybridized carbons (Fsp3) is 0.938. The Morgan fingerprint density at radius 1 is 1.21 bits per heavy atom. The van der Waals surface area contributed by atoms with Gasteiger partial charge in [0.15, 0.2) is 0 Å². The zero-order valence-corrected chi connectivity index (χ0v) is 12.3. The normalized spacial score (nSPS) is 28.8. The van der Waals surface area contributed by atoms with Crippen LogP contribution in [0.15, 0.2) is 0 Å². The molecule has 2 aliphatic rings. The highest BCUT2D eigenvalue weighted by atomic mass is 16.3. The average Bonchev–Trinajstić information content (AvgIpc) is 2.81. The van der Waals surface area contributed by atoms with E-state index in [2.05, 4.69) is 6.92 Å². The predicted molar refractivity (Wildman–Crippen MR) is 76.8 cm³/mol. The summed E-state index contributed by atoms with van der Waals surface area (Å²) in [6.45, 7) is 3.10. The minimum Gasteiger partial charge on any atom is -0.394 e. The van der Waals surface area contributed by atoms with Crippen molar-refractivity contribution in [1.82, 2.24) is 4.90 Å². The highest BCUT2D eigenvalue weighted by Crippen LogP contribution is 2.29. The number of carbonyl (C=O) groups is 1. The second-order valence-corrected chi connectivity index (χ2v) is 6.50. The number of hydrogen-bond acceptors (Lipinski definition) is 2. The minimum absolute atomic E-state index is 0.0715. The average molecular weight is 267 g/mol. The molecule has 3 nitrogen and oxygen atoms in total. The molecule has 0 aromatic carbocycles. The van der Waals surface area contributed by atoms with Crippen LogP contribution in [0.5, 0.6) is 0 Å². The predicted octanol–water partition coefficient (Wildman–Crippen LogP) is 2.97. The van der Waals surface area contributed by atoms with E-state index in [9.17, 15) is 9.90 Å². The molecule has 19 heavy (non-hydrogen) atoms. The van der Waals surface area contributed by atoms with Gasteiger partial charge in [-0.05, 0) is 31.1 Å². The molecule has 2 atom stereocenters. The number of rotatable bonds is 5. The van der Waals surface area contributed by atoms with E-state index in [1.165, 1.54) is 38.5 Å². The molecule has 0 radical (unpaired) electrons. The molecule has 1 N–H and O–H groups in total. The molecule has 1 saturated heterocycles. The van der Waals surface area contributed by atoms with Crippen molar-refractivity contribution in [2.45, 2.75) is 70.8 Å². The molecule has 3 heteroatoms. The van der Waals surface area contributed by atoms with Gasteiger partial charge in [0, 0.05) is 13.0 Å². The summed E-state index contributed by atoms with van der Waals surface area (Å²) in [5, 5.41) is 9.39. The van der Waals surface area contributed by atoms with Crippen LogP contribution in [0.2, 0.25) is 0 Å². The van der Waals surface area contributed by atoms with E-state index in [0.717, 1.165) is 25.3 Å². The van der Waals surface area contributed by atoms with Gasteiger partial charge in [0.1, 0.15) is 0 Å². The summed E-state index contributed by atoms with van der Waals surface area (Å²) in [6, 6.07) is 0.0715. The van der Waals surface area contributed by atoms with Crippen LogP contribution in [-0.4, -0.2) is 35.1 Å². The summed E-state index contributed by atoms with van der Waals surface area (Å²) >= 11 is 0. The van der Waals surface area contributed by atoms with Crippen molar-refractivity contribution >= 4 is 5.91 Å². The van der Waals surface area contributed by atoms with E-state index in [-0.39, 0.29) is 18.6 Å². The van der Waals surface area contributed by atoms with Gasteiger partial charge in [-0.15, -0.1) is 0 Å². The quantitative estimate of drug-likeness (QED) is 0.832. The maximum atomic E-state index is 12.2. The van der Waals surface area contributed by atoms with Crippen LogP contribution in [0.3, 0.4) is 0 Å². The van der Waals surface area contributed by atoms with E-state index in [4.69, 9.17) is 0 Å². The van der Waals surface area contributed by atoms with Gasteiger partial charge in [0.2, 0.25) is 5.91 Å². The standard InChI is InChI=1S/C16H29NO2/c1-13-10-11-17(15(13)12-18)16(19)9-5-8-14-6-3-2-4-7-14/h13-15,18H,2-12H2,1H3. The SMILES string of the molecule is CC1CCN(C(=O)CCCC2CCCCC2)C1CO. The van der Waals surface area contributed by atoms with Crippen LogP contribution in [-0.2, 0) is 4.79 Å². The van der Waals surface area contributed by atoms with Crippen LogP contribution in [0, 0.1) is 11.8 Å². The number of carbonyl (C=O) groups excluding carboxylic acids is 1. The molecule has 1 aliphatic carbocycles. The Labute approximate surface area is 117 Å². The molecule has 1 heterocycles. The molecule has 110 valence electrons. The van der Waals surface area contributed by atoms with Gasteiger partial charge >= 0.3 is 0 Å². The van der Waals surface area contributed by atoms with E-state index in [1.807, 2.05) is 4.90 Å². The smallest absolute Gasteiger partial charge is 0.222 e. The first-order chi connectivity index (χ1) is 9.22. The first-order valence-corrected chi connectivity index (χ1v) is 8.12. The van der Waals surface area contributed by atoms with Crippen molar-refractivity contribution in [1.29, 1.82) is 0 Å². The first-order valence-electron chi connectivity index (χ1n) is 8.12. The van der Waals surface area contributed by atoms with Crippen molar-refractivity contribution in [3.8, 4) is 0 Å². The second kappa shape index (κ2) is 7.28. The molecule has 2 rings (SSSR count). The Balaban J connectivity index is 1.69. The van der Waals surface area contributed by atoms with Gasteiger partial charge in [-0.1, -0.05) is 39.0 Å². The Morgan fingerprint density at radius 3 is 2.63 bits per heavy atom. The number of nitrogens with zero attached hydrogens (tertiary/aromatic N) is 1. The van der Waals surface area contributed by atoms with Crippen LogP contribution in [0.25, 0.3) is 0 Å². The molecule has 0 aromatic rings. The summed E-state index contributed by atoms with van der Waals surface area (Å²) in [7, 11) is 0. The third-order valence-electron chi connectivity index (χ3n) is 5.12. The summed E-state index contributed by atoms with van der Waals surface area (Å²) in [5.74, 6) is 1.58. The molecule has 0 spiro atoms. The van der Waals surface area contributed by atoms with Gasteiger partial charge in [0.25, 0.3) is 0 Å². The summed E-state index contributed by atoms with van der Waals surface area (Å²) in [6.07, 6.45) is 10.9. The van der Waals surface area contributed by atoms with Gasteiger partial charge < -0.3 is 10.0 Å². The third kappa shape index (κ3) is 3.95. The van der Waals surface area contributed by atoms with E-state index < -0.39 is 0 Å². The van der Waals surface area contributed by atoms with Crippen molar-refractivity contribution < 1.29 is 9.90 Å². The maximum Gasteiger partial charge on any atom is 0.222 e. The fourth-order valence-electron chi connectivity index (χ4n) is 3.76. The fourth-order valence-corrected chi connectivity index (χ4v) is 3.76. The molecule has 2 unspecified atom stereocenters. The Hall–Kier alpha value is -0.570. The Morgan fingerprint density at radius 2 is 1.95 bits per heavy atom. The summed E-state index contributed by atoms with van der Waals surface area (Å²) in [4.78, 5) is 14.1. The second-order valence-electron chi connectivity index (χ2n) is 6.50. The molecule has 0 aromatic heterocycles. The first kappa shape index (κ1) is 14.8. The van der Waals surface area contributed by atoms with Gasteiger partial charge in [0.05, 0.1) is 12.6 Å². The lowest BCUT2D eigenvalue weighted by Crippen LogP contribution is -2.39. The van der Waals surface area contributed by atoms with Crippen LogP contribution < -0.4 is 0 Å². The van der Waals surface area contributed by atoms with E-state index in [1.54, 1.807) is 0 Å². The number of amides is 1. The van der Waals surface area contributed by atoms with Gasteiger partial charge in [-0.3, -0.25) is 4.79 Å². The lowest BCUT2D eigenvalue weighted by atomic mass is 9.86.